The van der Waals surface area contributed by atoms with Crippen LogP contribution in [-0.4, -0.2) is 48.0 Å². The molecule has 2 N–H and O–H groups in total. The molecule has 136 valence electrons. The minimum absolute atomic E-state index is 0.229. The van der Waals surface area contributed by atoms with Crippen LogP contribution in [0.4, 0.5) is 10.5 Å². The average Bonchev–Trinajstić information content (AvgIpc) is 3.02. The van der Waals surface area contributed by atoms with E-state index >= 15 is 0 Å². The number of nitrogens with zero attached hydrogens (tertiary/aromatic N) is 1. The Labute approximate surface area is 147 Å². The van der Waals surface area contributed by atoms with Crippen LogP contribution in [0.15, 0.2) is 24.3 Å². The molecule has 0 spiro atoms. The van der Waals surface area contributed by atoms with Crippen molar-refractivity contribution in [3.63, 3.8) is 0 Å². The fourth-order valence-corrected chi connectivity index (χ4v) is 2.69. The predicted octanol–water partition coefficient (Wildman–Crippen LogP) is 2.38. The highest BCUT2D eigenvalue weighted by atomic mass is 16.6. The van der Waals surface area contributed by atoms with Gasteiger partial charge in [0.05, 0.1) is 0 Å². The van der Waals surface area contributed by atoms with Gasteiger partial charge in [0.2, 0.25) is 5.91 Å². The zero-order valence-corrected chi connectivity index (χ0v) is 15.1. The Hall–Kier alpha value is -2.57. The Balaban J connectivity index is 2.07. The third kappa shape index (κ3) is 4.95. The smallest absolute Gasteiger partial charge is 0.410 e. The molecule has 1 aromatic rings. The van der Waals surface area contributed by atoms with Gasteiger partial charge in [-0.15, -0.1) is 0 Å². The molecule has 2 rings (SSSR count). The van der Waals surface area contributed by atoms with Gasteiger partial charge in [-0.1, -0.05) is 6.07 Å². The Bertz CT molecular complexity index is 667. The number of hydrogen-bond acceptors (Lipinski definition) is 4. The van der Waals surface area contributed by atoms with Crippen LogP contribution in [0.25, 0.3) is 0 Å². The predicted molar refractivity (Wildman–Crippen MR) is 94.4 cm³/mol. The van der Waals surface area contributed by atoms with E-state index in [0.717, 1.165) is 6.42 Å². The van der Waals surface area contributed by atoms with E-state index in [0.29, 0.717) is 24.2 Å². The molecular formula is C18H25N3O4. The maximum Gasteiger partial charge on any atom is 0.410 e. The van der Waals surface area contributed by atoms with Crippen LogP contribution in [0.3, 0.4) is 0 Å². The van der Waals surface area contributed by atoms with Crippen molar-refractivity contribution < 1.29 is 19.1 Å². The molecule has 7 heteroatoms. The van der Waals surface area contributed by atoms with E-state index in [9.17, 15) is 14.4 Å². The molecule has 0 aliphatic carbocycles. The van der Waals surface area contributed by atoms with Crippen molar-refractivity contribution >= 4 is 23.6 Å². The molecule has 1 aliphatic heterocycles. The van der Waals surface area contributed by atoms with Crippen LogP contribution in [0.1, 0.15) is 44.0 Å². The summed E-state index contributed by atoms with van der Waals surface area (Å²) >= 11 is 0. The zero-order chi connectivity index (χ0) is 18.6. The first kappa shape index (κ1) is 18.8. The zero-order valence-electron chi connectivity index (χ0n) is 15.1. The summed E-state index contributed by atoms with van der Waals surface area (Å²) in [5.41, 5.74) is 0.362. The molecule has 0 aromatic heterocycles. The van der Waals surface area contributed by atoms with E-state index in [1.165, 1.54) is 4.90 Å². The number of ether oxygens (including phenoxy) is 1. The van der Waals surface area contributed by atoms with Crippen LogP contribution in [0.2, 0.25) is 0 Å². The van der Waals surface area contributed by atoms with E-state index in [1.807, 2.05) is 0 Å². The van der Waals surface area contributed by atoms with Crippen molar-refractivity contribution in [2.75, 3.05) is 18.9 Å². The number of benzene rings is 1. The van der Waals surface area contributed by atoms with Gasteiger partial charge in [-0.3, -0.25) is 14.5 Å². The van der Waals surface area contributed by atoms with Gasteiger partial charge in [0, 0.05) is 24.8 Å². The lowest BCUT2D eigenvalue weighted by Crippen LogP contribution is -2.45. The SMILES string of the molecule is CNC(=O)c1cccc(NC(=O)[C@H]2CCCN2C(=O)OC(C)(C)C)c1. The van der Waals surface area contributed by atoms with Gasteiger partial charge in [-0.05, 0) is 51.8 Å². The molecule has 7 nitrogen and oxygen atoms in total. The first-order valence-corrected chi connectivity index (χ1v) is 8.34. The fourth-order valence-electron chi connectivity index (χ4n) is 2.69. The lowest BCUT2D eigenvalue weighted by molar-refractivity contribution is -0.120. The summed E-state index contributed by atoms with van der Waals surface area (Å²) in [6, 6.07) is 6.09. The molecule has 25 heavy (non-hydrogen) atoms. The quantitative estimate of drug-likeness (QED) is 0.879. The van der Waals surface area contributed by atoms with Crippen LogP contribution in [0, 0.1) is 0 Å². The molecule has 1 aliphatic rings. The van der Waals surface area contributed by atoms with E-state index < -0.39 is 17.7 Å². The molecule has 0 unspecified atom stereocenters. The maximum absolute atomic E-state index is 12.6. The van der Waals surface area contributed by atoms with Crippen molar-refractivity contribution in [3.05, 3.63) is 29.8 Å². The van der Waals surface area contributed by atoms with Crippen molar-refractivity contribution in [1.29, 1.82) is 0 Å². The summed E-state index contributed by atoms with van der Waals surface area (Å²) < 4.78 is 5.37. The summed E-state index contributed by atoms with van der Waals surface area (Å²) in [4.78, 5) is 38.0. The molecule has 0 bridgehead atoms. The summed E-state index contributed by atoms with van der Waals surface area (Å²) in [5.74, 6) is -0.509. The molecule has 1 aromatic carbocycles. The van der Waals surface area contributed by atoms with Gasteiger partial charge in [-0.2, -0.15) is 0 Å². The Morgan fingerprint density at radius 2 is 1.96 bits per heavy atom. The van der Waals surface area contributed by atoms with E-state index in [-0.39, 0.29) is 11.8 Å². The van der Waals surface area contributed by atoms with Crippen molar-refractivity contribution in [2.24, 2.45) is 0 Å². The second kappa shape index (κ2) is 7.55. The summed E-state index contributed by atoms with van der Waals surface area (Å²) in [6.45, 7) is 5.87. The number of nitrogens with one attached hydrogen (secondary N) is 2. The molecule has 1 saturated heterocycles. The lowest BCUT2D eigenvalue weighted by atomic mass is 10.1. The topological polar surface area (TPSA) is 87.7 Å². The van der Waals surface area contributed by atoms with Gasteiger partial charge in [0.1, 0.15) is 11.6 Å². The molecule has 1 atom stereocenters. The number of hydrogen-bond donors (Lipinski definition) is 2. The van der Waals surface area contributed by atoms with Gasteiger partial charge in [0.25, 0.3) is 5.91 Å². The fraction of sp³-hybridized carbons (Fsp3) is 0.500. The second-order valence-electron chi connectivity index (χ2n) is 6.98. The number of rotatable bonds is 3. The normalized spacial score (nSPS) is 17.1. The second-order valence-corrected chi connectivity index (χ2v) is 6.98. The molecular weight excluding hydrogens is 322 g/mol. The van der Waals surface area contributed by atoms with Gasteiger partial charge in [-0.25, -0.2) is 4.79 Å². The largest absolute Gasteiger partial charge is 0.444 e. The molecule has 1 heterocycles. The van der Waals surface area contributed by atoms with E-state index in [1.54, 1.807) is 52.1 Å². The third-order valence-corrected chi connectivity index (χ3v) is 3.80. The Morgan fingerprint density at radius 1 is 1.24 bits per heavy atom. The number of likely N-dealkylation sites (tertiary alicyclic amines) is 1. The van der Waals surface area contributed by atoms with E-state index in [2.05, 4.69) is 10.6 Å². The average molecular weight is 347 g/mol. The minimum Gasteiger partial charge on any atom is -0.444 e. The molecule has 0 radical (unpaired) electrons. The summed E-state index contributed by atoms with van der Waals surface area (Å²) in [5, 5.41) is 5.32. The summed E-state index contributed by atoms with van der Waals surface area (Å²) in [6.07, 6.45) is 0.847. The van der Waals surface area contributed by atoms with Crippen molar-refractivity contribution in [2.45, 2.75) is 45.3 Å². The summed E-state index contributed by atoms with van der Waals surface area (Å²) in [7, 11) is 1.55. The molecule has 1 fully saturated rings. The monoisotopic (exact) mass is 347 g/mol. The van der Waals surface area contributed by atoms with Crippen LogP contribution >= 0.6 is 0 Å². The van der Waals surface area contributed by atoms with Gasteiger partial charge < -0.3 is 15.4 Å². The van der Waals surface area contributed by atoms with Crippen molar-refractivity contribution in [3.8, 4) is 0 Å². The standard InChI is InChI=1S/C18H25N3O4/c1-18(2,3)25-17(24)21-10-6-9-14(21)16(23)20-13-8-5-7-12(11-13)15(22)19-4/h5,7-8,11,14H,6,9-10H2,1-4H3,(H,19,22)(H,20,23)/t14-/m1/s1. The first-order valence-electron chi connectivity index (χ1n) is 8.34. The number of anilines is 1. The highest BCUT2D eigenvalue weighted by molar-refractivity contribution is 5.99. The number of carbonyl (C=O) groups is 3. The molecule has 3 amide bonds. The number of carbonyl (C=O) groups excluding carboxylic acids is 3. The lowest BCUT2D eigenvalue weighted by Gasteiger charge is -2.28. The van der Waals surface area contributed by atoms with Gasteiger partial charge >= 0.3 is 6.09 Å². The van der Waals surface area contributed by atoms with Crippen LogP contribution < -0.4 is 10.6 Å². The Morgan fingerprint density at radius 3 is 2.60 bits per heavy atom. The third-order valence-electron chi connectivity index (χ3n) is 3.80. The van der Waals surface area contributed by atoms with Crippen LogP contribution in [-0.2, 0) is 9.53 Å². The number of amides is 3. The maximum atomic E-state index is 12.6. The first-order chi connectivity index (χ1) is 11.7. The minimum atomic E-state index is -0.609. The molecule has 0 saturated carbocycles. The van der Waals surface area contributed by atoms with Crippen molar-refractivity contribution in [1.82, 2.24) is 10.2 Å². The van der Waals surface area contributed by atoms with Crippen LogP contribution in [0.5, 0.6) is 0 Å². The Kier molecular flexibility index (Phi) is 5.66. The highest BCUT2D eigenvalue weighted by Gasteiger charge is 2.36. The van der Waals surface area contributed by atoms with Gasteiger partial charge in [0.15, 0.2) is 0 Å². The highest BCUT2D eigenvalue weighted by Crippen LogP contribution is 2.22. The van der Waals surface area contributed by atoms with E-state index in [4.69, 9.17) is 4.74 Å².